The number of aromatic nitrogens is 1. The van der Waals surface area contributed by atoms with Crippen molar-refractivity contribution in [1.82, 2.24) is 4.98 Å². The van der Waals surface area contributed by atoms with E-state index in [2.05, 4.69) is 4.98 Å². The molecule has 1 atom stereocenters. The molecular formula is C11H12N2O2Zr. The molecule has 2 rings (SSSR count). The average molecular weight is 295 g/mol. The monoisotopic (exact) mass is 294 g/mol. The first-order valence-electron chi connectivity index (χ1n) is 4.72. The van der Waals surface area contributed by atoms with Crippen LogP contribution < -0.4 is 5.73 Å². The van der Waals surface area contributed by atoms with E-state index in [1.807, 2.05) is 30.5 Å². The second-order valence-electron chi connectivity index (χ2n) is 3.51. The summed E-state index contributed by atoms with van der Waals surface area (Å²) >= 11 is 0. The number of aromatic amines is 1. The zero-order chi connectivity index (χ0) is 10.8. The Morgan fingerprint density at radius 2 is 2.12 bits per heavy atom. The van der Waals surface area contributed by atoms with Crippen LogP contribution in [0, 0.1) is 0 Å². The number of hydrogen-bond donors (Lipinski definition) is 3. The summed E-state index contributed by atoms with van der Waals surface area (Å²) in [5, 5.41) is 9.75. The van der Waals surface area contributed by atoms with Gasteiger partial charge < -0.3 is 15.8 Å². The molecule has 4 nitrogen and oxygen atoms in total. The smallest absolute Gasteiger partial charge is 0.320 e. The number of nitrogens with two attached hydrogens (primary N) is 1. The van der Waals surface area contributed by atoms with Gasteiger partial charge in [0.25, 0.3) is 0 Å². The molecule has 82 valence electrons. The molecule has 5 heteroatoms. The second-order valence-corrected chi connectivity index (χ2v) is 3.51. The third kappa shape index (κ3) is 2.60. The topological polar surface area (TPSA) is 79.1 Å². The van der Waals surface area contributed by atoms with Gasteiger partial charge in [0, 0.05) is 49.7 Å². The number of rotatable bonds is 3. The van der Waals surface area contributed by atoms with Gasteiger partial charge in [-0.2, -0.15) is 0 Å². The van der Waals surface area contributed by atoms with Crippen LogP contribution in [-0.2, 0) is 37.4 Å². The third-order valence-corrected chi connectivity index (χ3v) is 2.43. The van der Waals surface area contributed by atoms with Crippen molar-refractivity contribution >= 4 is 16.9 Å². The molecule has 0 bridgehead atoms. The predicted octanol–water partition coefficient (Wildman–Crippen LogP) is 1.12. The summed E-state index contributed by atoms with van der Waals surface area (Å²) in [6.07, 6.45) is 2.16. The molecule has 16 heavy (non-hydrogen) atoms. The molecule has 1 aromatic carbocycles. The van der Waals surface area contributed by atoms with E-state index in [4.69, 9.17) is 10.8 Å². The molecule has 0 aliphatic rings. The number of H-pyrrole nitrogens is 1. The van der Waals surface area contributed by atoms with Gasteiger partial charge in [-0.1, -0.05) is 18.2 Å². The van der Waals surface area contributed by atoms with E-state index >= 15 is 0 Å². The average Bonchev–Trinajstić information content (AvgIpc) is 2.62. The van der Waals surface area contributed by atoms with Crippen molar-refractivity contribution in [1.29, 1.82) is 0 Å². The van der Waals surface area contributed by atoms with Gasteiger partial charge >= 0.3 is 5.97 Å². The molecule has 0 aliphatic carbocycles. The van der Waals surface area contributed by atoms with Crippen molar-refractivity contribution in [3.05, 3.63) is 36.0 Å². The number of hydrogen-bond acceptors (Lipinski definition) is 2. The van der Waals surface area contributed by atoms with Gasteiger partial charge in [-0.05, 0) is 11.6 Å². The fourth-order valence-corrected chi connectivity index (χ4v) is 1.62. The maximum atomic E-state index is 10.6. The molecule has 1 aromatic heterocycles. The molecule has 0 saturated carbocycles. The quantitative estimate of drug-likeness (QED) is 0.794. The fraction of sp³-hybridized carbons (Fsp3) is 0.182. The summed E-state index contributed by atoms with van der Waals surface area (Å²) in [4.78, 5) is 13.7. The number of benzene rings is 1. The minimum absolute atomic E-state index is 0. The van der Waals surface area contributed by atoms with Crippen LogP contribution in [0.5, 0.6) is 0 Å². The van der Waals surface area contributed by atoms with Crippen LogP contribution in [0.4, 0.5) is 0 Å². The Balaban J connectivity index is 0.00000128. The first-order valence-corrected chi connectivity index (χ1v) is 4.72. The number of para-hydroxylation sites is 1. The Hall–Kier alpha value is -0.927. The fourth-order valence-electron chi connectivity index (χ4n) is 1.62. The van der Waals surface area contributed by atoms with E-state index in [0.717, 1.165) is 16.5 Å². The summed E-state index contributed by atoms with van der Waals surface area (Å²) in [7, 11) is 0. The standard InChI is InChI=1S/C11H12N2O2.Zr/c12-9(11(14)15)5-7-6-13-10-4-2-1-3-8(7)10;/h1-4,6,9,13H,5,12H2,(H,14,15);. The van der Waals surface area contributed by atoms with Crippen molar-refractivity contribution in [2.75, 3.05) is 0 Å². The summed E-state index contributed by atoms with van der Waals surface area (Å²) in [5.74, 6) is -0.972. The number of carboxylic acids is 1. The van der Waals surface area contributed by atoms with E-state index in [0.29, 0.717) is 6.42 Å². The van der Waals surface area contributed by atoms with Crippen LogP contribution in [0.15, 0.2) is 30.5 Å². The van der Waals surface area contributed by atoms with Crippen LogP contribution in [0.3, 0.4) is 0 Å². The summed E-state index contributed by atoms with van der Waals surface area (Å²) < 4.78 is 0. The third-order valence-electron chi connectivity index (χ3n) is 2.43. The van der Waals surface area contributed by atoms with E-state index in [1.165, 1.54) is 0 Å². The number of fused-ring (bicyclic) bond motifs is 1. The minimum atomic E-state index is -0.972. The Morgan fingerprint density at radius 1 is 1.44 bits per heavy atom. The summed E-state index contributed by atoms with van der Waals surface area (Å²) in [6, 6.07) is 6.91. The molecule has 1 heterocycles. The maximum Gasteiger partial charge on any atom is 0.320 e. The van der Waals surface area contributed by atoms with Crippen LogP contribution in [0.2, 0.25) is 0 Å². The number of aliphatic carboxylic acids is 1. The van der Waals surface area contributed by atoms with Gasteiger partial charge in [0.15, 0.2) is 0 Å². The van der Waals surface area contributed by atoms with Gasteiger partial charge in [0.2, 0.25) is 0 Å². The zero-order valence-corrected chi connectivity index (χ0v) is 11.1. The molecular weight excluding hydrogens is 283 g/mol. The molecule has 0 saturated heterocycles. The SMILES string of the molecule is NC(Cc1c[nH]c2ccccc12)C(=O)O.[Zr]. The molecule has 0 spiro atoms. The van der Waals surface area contributed by atoms with Gasteiger partial charge in [0.05, 0.1) is 0 Å². The molecule has 0 radical (unpaired) electrons. The normalized spacial score (nSPS) is 12.1. The molecule has 0 amide bonds. The van der Waals surface area contributed by atoms with Crippen LogP contribution in [0.25, 0.3) is 10.9 Å². The van der Waals surface area contributed by atoms with E-state index < -0.39 is 12.0 Å². The Bertz CT molecular complexity index is 495. The summed E-state index contributed by atoms with van der Waals surface area (Å²) in [6.45, 7) is 0. The molecule has 0 aliphatic heterocycles. The number of carboxylic acid groups (broad SMARTS) is 1. The predicted molar refractivity (Wildman–Crippen MR) is 57.6 cm³/mol. The Labute approximate surface area is 112 Å². The van der Waals surface area contributed by atoms with Gasteiger partial charge in [-0.3, -0.25) is 4.79 Å². The first kappa shape index (κ1) is 13.1. The van der Waals surface area contributed by atoms with Crippen molar-refractivity contribution < 1.29 is 36.1 Å². The summed E-state index contributed by atoms with van der Waals surface area (Å²) in [5.41, 5.74) is 7.43. The first-order chi connectivity index (χ1) is 7.18. The zero-order valence-electron chi connectivity index (χ0n) is 8.60. The van der Waals surface area contributed by atoms with Crippen molar-refractivity contribution in [2.45, 2.75) is 12.5 Å². The van der Waals surface area contributed by atoms with E-state index in [-0.39, 0.29) is 26.2 Å². The molecule has 0 fully saturated rings. The van der Waals surface area contributed by atoms with Crippen molar-refractivity contribution in [3.63, 3.8) is 0 Å². The number of carbonyl (C=O) groups is 1. The Kier molecular flexibility index (Phi) is 4.45. The second kappa shape index (κ2) is 5.42. The molecule has 2 aromatic rings. The van der Waals surface area contributed by atoms with E-state index in [1.54, 1.807) is 0 Å². The van der Waals surface area contributed by atoms with Crippen molar-refractivity contribution in [2.24, 2.45) is 5.73 Å². The van der Waals surface area contributed by atoms with Crippen LogP contribution in [0.1, 0.15) is 5.56 Å². The van der Waals surface area contributed by atoms with Crippen LogP contribution in [-0.4, -0.2) is 22.1 Å². The van der Waals surface area contributed by atoms with Gasteiger partial charge in [0.1, 0.15) is 6.04 Å². The van der Waals surface area contributed by atoms with Gasteiger partial charge in [-0.25, -0.2) is 0 Å². The molecule has 1 unspecified atom stereocenters. The minimum Gasteiger partial charge on any atom is -0.480 e. The van der Waals surface area contributed by atoms with Gasteiger partial charge in [-0.15, -0.1) is 0 Å². The largest absolute Gasteiger partial charge is 0.480 e. The Morgan fingerprint density at radius 3 is 2.81 bits per heavy atom. The van der Waals surface area contributed by atoms with Crippen molar-refractivity contribution in [3.8, 4) is 0 Å². The maximum absolute atomic E-state index is 10.6. The number of nitrogens with one attached hydrogen (secondary N) is 1. The molecule has 4 N–H and O–H groups in total. The van der Waals surface area contributed by atoms with E-state index in [9.17, 15) is 4.79 Å². The van der Waals surface area contributed by atoms with Crippen LogP contribution >= 0.6 is 0 Å².